The van der Waals surface area contributed by atoms with E-state index in [4.69, 9.17) is 9.47 Å². The van der Waals surface area contributed by atoms with Crippen molar-refractivity contribution in [3.05, 3.63) is 125 Å². The smallest absolute Gasteiger partial charge is 0.217 e. The Morgan fingerprint density at radius 2 is 1.71 bits per heavy atom. The molecule has 1 fully saturated rings. The Labute approximate surface area is 248 Å². The van der Waals surface area contributed by atoms with Crippen molar-refractivity contribution in [2.75, 3.05) is 20.1 Å². The summed E-state index contributed by atoms with van der Waals surface area (Å²) in [5, 5.41) is 12.4. The van der Waals surface area contributed by atoms with Crippen LogP contribution in [0.15, 0.2) is 97.2 Å². The first-order chi connectivity index (χ1) is 20.5. The standard InChI is InChI=1S/C35H39N3O4/c1-25(40)37-22-27-7-5-8-29(19-27)30-9-6-10-31(20-30)35-41-33(23-38(2)18-16-32-11-3-4-17-36-32)21-34(42-35)28-14-12-26(24-39)13-15-28/h3-15,17,19-20,33-35,39H,16,18,21-24H2,1-2H3,(H,37,40)/t33-,34+,35+/m0/s1. The van der Waals surface area contributed by atoms with Crippen LogP contribution in [0.1, 0.15) is 53.7 Å². The van der Waals surface area contributed by atoms with E-state index in [2.05, 4.69) is 58.6 Å². The highest BCUT2D eigenvalue weighted by Gasteiger charge is 2.33. The van der Waals surface area contributed by atoms with Gasteiger partial charge >= 0.3 is 0 Å². The summed E-state index contributed by atoms with van der Waals surface area (Å²) >= 11 is 0. The van der Waals surface area contributed by atoms with Gasteiger partial charge in [0.2, 0.25) is 5.91 Å². The quantitative estimate of drug-likeness (QED) is 0.247. The Hall–Kier alpha value is -3.88. The number of nitrogens with one attached hydrogen (secondary N) is 1. The number of pyridine rings is 1. The lowest BCUT2D eigenvalue weighted by Gasteiger charge is -2.38. The summed E-state index contributed by atoms with van der Waals surface area (Å²) < 4.78 is 13.2. The lowest BCUT2D eigenvalue weighted by molar-refractivity contribution is -0.252. The molecule has 5 rings (SSSR count). The molecule has 4 aromatic rings. The lowest BCUT2D eigenvalue weighted by atomic mass is 9.98. The van der Waals surface area contributed by atoms with Crippen molar-refractivity contribution in [1.29, 1.82) is 0 Å². The highest BCUT2D eigenvalue weighted by Crippen LogP contribution is 2.39. The van der Waals surface area contributed by atoms with Crippen molar-refractivity contribution in [2.45, 2.75) is 51.4 Å². The molecule has 0 radical (unpaired) electrons. The van der Waals surface area contributed by atoms with E-state index in [1.165, 1.54) is 6.92 Å². The fraction of sp³-hybridized carbons (Fsp3) is 0.314. The van der Waals surface area contributed by atoms with Crippen LogP contribution in [0.25, 0.3) is 11.1 Å². The van der Waals surface area contributed by atoms with Gasteiger partial charge in [-0.05, 0) is 59.1 Å². The van der Waals surface area contributed by atoms with Crippen molar-refractivity contribution in [2.24, 2.45) is 0 Å². The van der Waals surface area contributed by atoms with Gasteiger partial charge in [0, 0.05) is 56.9 Å². The van der Waals surface area contributed by atoms with Crippen LogP contribution >= 0.6 is 0 Å². The van der Waals surface area contributed by atoms with Crippen molar-refractivity contribution >= 4 is 5.91 Å². The van der Waals surface area contributed by atoms with Crippen molar-refractivity contribution in [3.63, 3.8) is 0 Å². The molecule has 0 unspecified atom stereocenters. The van der Waals surface area contributed by atoms with Crippen LogP contribution in [0, 0.1) is 0 Å². The van der Waals surface area contributed by atoms with E-state index in [-0.39, 0.29) is 24.7 Å². The van der Waals surface area contributed by atoms with E-state index in [1.807, 2.05) is 60.8 Å². The average Bonchev–Trinajstić information content (AvgIpc) is 3.03. The number of hydrogen-bond acceptors (Lipinski definition) is 6. The monoisotopic (exact) mass is 565 g/mol. The van der Waals surface area contributed by atoms with Crippen molar-refractivity contribution in [1.82, 2.24) is 15.2 Å². The van der Waals surface area contributed by atoms with Gasteiger partial charge in [-0.3, -0.25) is 9.78 Å². The zero-order valence-corrected chi connectivity index (χ0v) is 24.3. The molecule has 0 saturated carbocycles. The number of nitrogens with zero attached hydrogens (tertiary/aromatic N) is 2. The number of rotatable bonds is 11. The molecule has 1 aliphatic rings. The minimum absolute atomic E-state index is 0.0139. The maximum Gasteiger partial charge on any atom is 0.217 e. The van der Waals surface area contributed by atoms with Crippen LogP contribution in [-0.2, 0) is 33.8 Å². The molecule has 0 bridgehead atoms. The summed E-state index contributed by atoms with van der Waals surface area (Å²) in [4.78, 5) is 18.1. The Balaban J connectivity index is 1.34. The minimum Gasteiger partial charge on any atom is -0.392 e. The molecule has 218 valence electrons. The Morgan fingerprint density at radius 1 is 0.929 bits per heavy atom. The SMILES string of the molecule is CC(=O)NCc1cccc(-c2cccc([C@@H]3O[C@H](CN(C)CCc4ccccn4)C[C@H](c4ccc(CO)cc4)O3)c2)c1. The molecule has 0 spiro atoms. The van der Waals surface area contributed by atoms with Gasteiger partial charge in [0.25, 0.3) is 0 Å². The maximum atomic E-state index is 11.4. The second kappa shape index (κ2) is 14.3. The summed E-state index contributed by atoms with van der Waals surface area (Å²) in [6.45, 7) is 3.67. The van der Waals surface area contributed by atoms with Crippen molar-refractivity contribution < 1.29 is 19.4 Å². The third kappa shape index (κ3) is 8.11. The highest BCUT2D eigenvalue weighted by molar-refractivity contribution is 5.73. The van der Waals surface area contributed by atoms with E-state index >= 15 is 0 Å². The molecule has 3 aromatic carbocycles. The number of aliphatic hydroxyl groups is 1. The predicted molar refractivity (Wildman–Crippen MR) is 163 cm³/mol. The van der Waals surface area contributed by atoms with Crippen LogP contribution in [0.4, 0.5) is 0 Å². The summed E-state index contributed by atoms with van der Waals surface area (Å²) in [5.41, 5.74) is 7.15. The molecule has 1 saturated heterocycles. The molecule has 0 aliphatic carbocycles. The summed E-state index contributed by atoms with van der Waals surface area (Å²) in [6, 6.07) is 30.5. The third-order valence-electron chi connectivity index (χ3n) is 7.57. The van der Waals surface area contributed by atoms with Crippen molar-refractivity contribution in [3.8, 4) is 11.1 Å². The predicted octanol–water partition coefficient (Wildman–Crippen LogP) is 5.60. The second-order valence-corrected chi connectivity index (χ2v) is 10.9. The number of carbonyl (C=O) groups is 1. The van der Waals surface area contributed by atoms with E-state index in [1.54, 1.807) is 0 Å². The highest BCUT2D eigenvalue weighted by atomic mass is 16.7. The molecule has 1 aromatic heterocycles. The molecular weight excluding hydrogens is 526 g/mol. The number of ether oxygens (including phenoxy) is 2. The molecule has 3 atom stereocenters. The molecule has 2 N–H and O–H groups in total. The summed E-state index contributed by atoms with van der Waals surface area (Å²) in [5.74, 6) is -0.0496. The van der Waals surface area contributed by atoms with Gasteiger partial charge in [0.1, 0.15) is 0 Å². The number of aliphatic hydroxyl groups excluding tert-OH is 1. The number of likely N-dealkylation sites (N-methyl/N-ethyl adjacent to an activating group) is 1. The summed E-state index contributed by atoms with van der Waals surface area (Å²) in [7, 11) is 2.12. The number of aromatic nitrogens is 1. The molecule has 7 nitrogen and oxygen atoms in total. The molecule has 1 amide bonds. The van der Waals surface area contributed by atoms with Gasteiger partial charge in [-0.1, -0.05) is 66.7 Å². The molecule has 42 heavy (non-hydrogen) atoms. The molecule has 2 heterocycles. The zero-order valence-electron chi connectivity index (χ0n) is 24.3. The molecule has 1 aliphatic heterocycles. The zero-order chi connectivity index (χ0) is 29.3. The minimum atomic E-state index is -0.530. The van der Waals surface area contributed by atoms with Gasteiger partial charge in [-0.15, -0.1) is 0 Å². The maximum absolute atomic E-state index is 11.4. The van der Waals surface area contributed by atoms with E-state index in [0.717, 1.165) is 65.0 Å². The van der Waals surface area contributed by atoms with Crippen LogP contribution in [0.3, 0.4) is 0 Å². The van der Waals surface area contributed by atoms with Crippen LogP contribution in [0.2, 0.25) is 0 Å². The van der Waals surface area contributed by atoms with Crippen LogP contribution < -0.4 is 5.32 Å². The Morgan fingerprint density at radius 3 is 2.45 bits per heavy atom. The van der Waals surface area contributed by atoms with Gasteiger partial charge < -0.3 is 24.8 Å². The fourth-order valence-electron chi connectivity index (χ4n) is 5.28. The summed E-state index contributed by atoms with van der Waals surface area (Å²) in [6.07, 6.45) is 2.73. The van der Waals surface area contributed by atoms with Crippen LogP contribution in [0.5, 0.6) is 0 Å². The number of hydrogen-bond donors (Lipinski definition) is 2. The number of amides is 1. The van der Waals surface area contributed by atoms with Gasteiger partial charge in [0.15, 0.2) is 6.29 Å². The molecule has 7 heteroatoms. The topological polar surface area (TPSA) is 83.9 Å². The fourth-order valence-corrected chi connectivity index (χ4v) is 5.28. The lowest BCUT2D eigenvalue weighted by Crippen LogP contribution is -2.38. The van der Waals surface area contributed by atoms with E-state index < -0.39 is 6.29 Å². The normalized spacial score (nSPS) is 18.6. The Bertz CT molecular complexity index is 1440. The number of carbonyl (C=O) groups excluding carboxylic acids is 1. The first kappa shape index (κ1) is 29.6. The first-order valence-corrected chi connectivity index (χ1v) is 14.5. The number of benzene rings is 3. The second-order valence-electron chi connectivity index (χ2n) is 10.9. The average molecular weight is 566 g/mol. The van der Waals surface area contributed by atoms with Gasteiger partial charge in [0.05, 0.1) is 18.8 Å². The largest absolute Gasteiger partial charge is 0.392 e. The first-order valence-electron chi connectivity index (χ1n) is 14.5. The van der Waals surface area contributed by atoms with Gasteiger partial charge in [-0.2, -0.15) is 0 Å². The van der Waals surface area contributed by atoms with E-state index in [0.29, 0.717) is 6.54 Å². The van der Waals surface area contributed by atoms with Gasteiger partial charge in [-0.25, -0.2) is 0 Å². The Kier molecular flexibility index (Phi) is 10.1. The third-order valence-corrected chi connectivity index (χ3v) is 7.57. The van der Waals surface area contributed by atoms with E-state index in [9.17, 15) is 9.90 Å². The van der Waals surface area contributed by atoms with Crippen LogP contribution in [-0.4, -0.2) is 47.1 Å². The molecular formula is C35H39N3O4.